The second-order valence-electron chi connectivity index (χ2n) is 8.08. The molecule has 0 radical (unpaired) electrons. The number of nitrogens with zero attached hydrogens (tertiary/aromatic N) is 5. The van der Waals surface area contributed by atoms with Crippen molar-refractivity contribution >= 4 is 11.8 Å². The monoisotopic (exact) mass is 427 g/mol. The molecular weight excluding hydrogens is 398 g/mol. The van der Waals surface area contributed by atoms with Crippen LogP contribution in [0.3, 0.4) is 0 Å². The van der Waals surface area contributed by atoms with Crippen LogP contribution in [0.5, 0.6) is 5.75 Å². The van der Waals surface area contributed by atoms with Gasteiger partial charge in [-0.3, -0.25) is 9.59 Å². The lowest BCUT2D eigenvalue weighted by Gasteiger charge is -2.32. The van der Waals surface area contributed by atoms with Gasteiger partial charge in [0.2, 0.25) is 11.8 Å². The van der Waals surface area contributed by atoms with E-state index in [4.69, 9.17) is 9.26 Å². The Labute approximate surface area is 181 Å². The predicted octanol–water partition coefficient (Wildman–Crippen LogP) is 1.52. The van der Waals surface area contributed by atoms with Crippen molar-refractivity contribution in [2.75, 3.05) is 46.4 Å². The number of carbonyl (C=O) groups excluding carboxylic acids is 2. The molecule has 2 saturated heterocycles. The molecule has 2 amide bonds. The fourth-order valence-corrected chi connectivity index (χ4v) is 4.01. The summed E-state index contributed by atoms with van der Waals surface area (Å²) >= 11 is 0. The van der Waals surface area contributed by atoms with Crippen LogP contribution in [0, 0.1) is 0 Å². The van der Waals surface area contributed by atoms with Gasteiger partial charge in [-0.1, -0.05) is 23.4 Å². The molecular formula is C22H29N5O4. The number of aromatic nitrogens is 2. The lowest BCUT2D eigenvalue weighted by Crippen LogP contribution is -2.47. The van der Waals surface area contributed by atoms with E-state index in [1.807, 2.05) is 35.2 Å². The minimum atomic E-state index is -0.210. The van der Waals surface area contributed by atoms with E-state index in [9.17, 15) is 9.59 Å². The lowest BCUT2D eigenvalue weighted by molar-refractivity contribution is -0.134. The molecule has 4 rings (SSSR count). The molecule has 1 aromatic heterocycles. The van der Waals surface area contributed by atoms with Gasteiger partial charge in [-0.15, -0.1) is 0 Å². The van der Waals surface area contributed by atoms with Crippen LogP contribution in [-0.2, 0) is 16.0 Å². The van der Waals surface area contributed by atoms with E-state index in [0.717, 1.165) is 39.0 Å². The van der Waals surface area contributed by atoms with E-state index in [-0.39, 0.29) is 24.5 Å². The third-order valence-electron chi connectivity index (χ3n) is 5.87. The van der Waals surface area contributed by atoms with Crippen molar-refractivity contribution in [3.63, 3.8) is 0 Å². The van der Waals surface area contributed by atoms with Gasteiger partial charge >= 0.3 is 0 Å². The number of aryl methyl sites for hydroxylation is 1. The summed E-state index contributed by atoms with van der Waals surface area (Å²) in [5, 5.41) is 4.10. The zero-order valence-electron chi connectivity index (χ0n) is 17.9. The fourth-order valence-electron chi connectivity index (χ4n) is 4.01. The number of para-hydroxylation sites is 1. The smallest absolute Gasteiger partial charge is 0.261 e. The standard InChI is InChI=1S/C22H29N5O4/c1-25-12-14-26(15-13-25)20(28)10-9-19-23-22(24-31-19)18-8-5-11-27(18)21(29)16-30-17-6-3-2-4-7-17/h2-4,6-7,18H,5,8-16H2,1H3. The maximum absolute atomic E-state index is 12.7. The molecule has 9 nitrogen and oxygen atoms in total. The molecule has 0 bridgehead atoms. The minimum absolute atomic E-state index is 0.0231. The molecule has 2 aliphatic heterocycles. The average molecular weight is 428 g/mol. The molecule has 166 valence electrons. The van der Waals surface area contributed by atoms with Crippen LogP contribution in [0.25, 0.3) is 0 Å². The maximum Gasteiger partial charge on any atom is 0.261 e. The highest BCUT2D eigenvalue weighted by Crippen LogP contribution is 2.30. The van der Waals surface area contributed by atoms with E-state index in [2.05, 4.69) is 22.1 Å². The molecule has 1 atom stereocenters. The number of ether oxygens (including phenoxy) is 1. The molecule has 9 heteroatoms. The van der Waals surface area contributed by atoms with E-state index in [1.165, 1.54) is 0 Å². The zero-order valence-corrected chi connectivity index (χ0v) is 17.9. The number of carbonyl (C=O) groups is 2. The Kier molecular flexibility index (Phi) is 6.81. The SMILES string of the molecule is CN1CCN(C(=O)CCc2nc(C3CCCN3C(=O)COc3ccccc3)no2)CC1. The van der Waals surface area contributed by atoms with Crippen molar-refractivity contribution in [1.29, 1.82) is 0 Å². The van der Waals surface area contributed by atoms with Crippen LogP contribution in [0.15, 0.2) is 34.9 Å². The summed E-state index contributed by atoms with van der Waals surface area (Å²) in [5.74, 6) is 1.63. The second kappa shape index (κ2) is 9.91. The van der Waals surface area contributed by atoms with Gasteiger partial charge in [-0.25, -0.2) is 0 Å². The molecule has 2 aliphatic rings. The predicted molar refractivity (Wildman–Crippen MR) is 112 cm³/mol. The molecule has 31 heavy (non-hydrogen) atoms. The third kappa shape index (κ3) is 5.41. The number of likely N-dealkylation sites (tertiary alicyclic amines) is 1. The van der Waals surface area contributed by atoms with Gasteiger partial charge in [0.1, 0.15) is 5.75 Å². The molecule has 0 spiro atoms. The first-order valence-electron chi connectivity index (χ1n) is 10.9. The van der Waals surface area contributed by atoms with E-state index >= 15 is 0 Å². The Morgan fingerprint density at radius 1 is 1.10 bits per heavy atom. The van der Waals surface area contributed by atoms with Crippen LogP contribution in [0.2, 0.25) is 0 Å². The highest BCUT2D eigenvalue weighted by atomic mass is 16.5. The normalized spacial score (nSPS) is 19.6. The van der Waals surface area contributed by atoms with Gasteiger partial charge in [0.25, 0.3) is 5.91 Å². The van der Waals surface area contributed by atoms with Gasteiger partial charge in [-0.2, -0.15) is 4.98 Å². The lowest BCUT2D eigenvalue weighted by atomic mass is 10.2. The van der Waals surface area contributed by atoms with Crippen molar-refractivity contribution in [3.8, 4) is 5.75 Å². The molecule has 0 N–H and O–H groups in total. The van der Waals surface area contributed by atoms with Crippen LogP contribution >= 0.6 is 0 Å². The highest BCUT2D eigenvalue weighted by Gasteiger charge is 2.33. The molecule has 1 unspecified atom stereocenters. The van der Waals surface area contributed by atoms with E-state index in [0.29, 0.717) is 36.9 Å². The molecule has 2 fully saturated rings. The Balaban J connectivity index is 1.29. The van der Waals surface area contributed by atoms with Crippen molar-refractivity contribution in [2.24, 2.45) is 0 Å². The molecule has 0 aliphatic carbocycles. The number of rotatable bonds is 7. The summed E-state index contributed by atoms with van der Waals surface area (Å²) < 4.78 is 11.0. The second-order valence-corrected chi connectivity index (χ2v) is 8.08. The Morgan fingerprint density at radius 2 is 1.87 bits per heavy atom. The third-order valence-corrected chi connectivity index (χ3v) is 5.87. The first kappa shape index (κ1) is 21.3. The van der Waals surface area contributed by atoms with Gasteiger partial charge in [0.05, 0.1) is 6.04 Å². The van der Waals surface area contributed by atoms with Crippen LogP contribution in [0.4, 0.5) is 0 Å². The van der Waals surface area contributed by atoms with Gasteiger partial charge < -0.3 is 24.0 Å². The maximum atomic E-state index is 12.7. The topological polar surface area (TPSA) is 92.0 Å². The van der Waals surface area contributed by atoms with Gasteiger partial charge in [-0.05, 0) is 32.0 Å². The average Bonchev–Trinajstić information content (AvgIpc) is 3.46. The number of hydrogen-bond acceptors (Lipinski definition) is 7. The van der Waals surface area contributed by atoms with Crippen molar-refractivity contribution < 1.29 is 18.8 Å². The van der Waals surface area contributed by atoms with Crippen LogP contribution in [0.1, 0.15) is 37.0 Å². The molecule has 0 saturated carbocycles. The summed E-state index contributed by atoms with van der Waals surface area (Å²) in [4.78, 5) is 35.4. The van der Waals surface area contributed by atoms with E-state index < -0.39 is 0 Å². The van der Waals surface area contributed by atoms with Crippen molar-refractivity contribution in [1.82, 2.24) is 24.8 Å². The van der Waals surface area contributed by atoms with Crippen LogP contribution < -0.4 is 4.74 Å². The summed E-state index contributed by atoms with van der Waals surface area (Å²) in [6.07, 6.45) is 2.43. The minimum Gasteiger partial charge on any atom is -0.484 e. The van der Waals surface area contributed by atoms with Gasteiger partial charge in [0.15, 0.2) is 12.4 Å². The highest BCUT2D eigenvalue weighted by molar-refractivity contribution is 5.78. The quantitative estimate of drug-likeness (QED) is 0.661. The number of likely N-dealkylation sites (N-methyl/N-ethyl adjacent to an activating group) is 1. The number of benzene rings is 1. The first-order chi connectivity index (χ1) is 15.1. The summed E-state index contributed by atoms with van der Waals surface area (Å²) in [5.41, 5.74) is 0. The Bertz CT molecular complexity index is 879. The molecule has 1 aromatic carbocycles. The first-order valence-corrected chi connectivity index (χ1v) is 10.9. The summed E-state index contributed by atoms with van der Waals surface area (Å²) in [6.45, 7) is 3.94. The van der Waals surface area contributed by atoms with Crippen molar-refractivity contribution in [3.05, 3.63) is 42.0 Å². The Hall–Kier alpha value is -2.94. The largest absolute Gasteiger partial charge is 0.484 e. The van der Waals surface area contributed by atoms with Crippen molar-refractivity contribution in [2.45, 2.75) is 31.7 Å². The fraction of sp³-hybridized carbons (Fsp3) is 0.545. The van der Waals surface area contributed by atoms with E-state index in [1.54, 1.807) is 4.90 Å². The summed E-state index contributed by atoms with van der Waals surface area (Å²) in [7, 11) is 2.06. The summed E-state index contributed by atoms with van der Waals surface area (Å²) in [6, 6.07) is 9.07. The zero-order chi connectivity index (χ0) is 21.6. The number of hydrogen-bond donors (Lipinski definition) is 0. The molecule has 2 aromatic rings. The van der Waals surface area contributed by atoms with Crippen LogP contribution in [-0.4, -0.2) is 83.0 Å². The Morgan fingerprint density at radius 3 is 2.65 bits per heavy atom. The van der Waals surface area contributed by atoms with Gasteiger partial charge in [0, 0.05) is 45.6 Å². The number of piperazine rings is 1. The number of amides is 2. The molecule has 3 heterocycles.